The minimum atomic E-state index is -0.0865. The predicted octanol–water partition coefficient (Wildman–Crippen LogP) is 1.68. The van der Waals surface area contributed by atoms with Gasteiger partial charge >= 0.3 is 0 Å². The van der Waals surface area contributed by atoms with Crippen molar-refractivity contribution >= 4 is 16.8 Å². The highest BCUT2D eigenvalue weighted by molar-refractivity contribution is 6.03. The molecule has 0 aliphatic rings. The summed E-state index contributed by atoms with van der Waals surface area (Å²) < 4.78 is 1.68. The smallest absolute Gasteiger partial charge is 0.262 e. The van der Waals surface area contributed by atoms with Crippen LogP contribution in [0.15, 0.2) is 48.8 Å². The Hall–Kier alpha value is -2.50. The highest BCUT2D eigenvalue weighted by atomic mass is 16.2. The van der Waals surface area contributed by atoms with Crippen LogP contribution < -0.4 is 11.5 Å². The molecule has 3 aromatic rings. The Bertz CT molecular complexity index is 822. The summed E-state index contributed by atoms with van der Waals surface area (Å²) >= 11 is 0. The molecule has 0 saturated carbocycles. The van der Waals surface area contributed by atoms with Gasteiger partial charge < -0.3 is 11.5 Å². The Morgan fingerprint density at radius 3 is 2.77 bits per heavy atom. The van der Waals surface area contributed by atoms with Crippen molar-refractivity contribution in [3.05, 3.63) is 65.6 Å². The van der Waals surface area contributed by atoms with Gasteiger partial charge in [0.2, 0.25) is 0 Å². The number of nitrogens with two attached hydrogens (primary N) is 2. The number of carbonyl (C=O) groups is 1. The molecule has 0 amide bonds. The van der Waals surface area contributed by atoms with E-state index in [1.807, 2.05) is 30.5 Å². The van der Waals surface area contributed by atoms with E-state index in [0.717, 1.165) is 22.9 Å². The van der Waals surface area contributed by atoms with Crippen molar-refractivity contribution in [1.82, 2.24) is 9.55 Å². The Morgan fingerprint density at radius 1 is 1.18 bits per heavy atom. The lowest BCUT2D eigenvalue weighted by Gasteiger charge is -2.05. The highest BCUT2D eigenvalue weighted by Gasteiger charge is 2.15. The molecule has 22 heavy (non-hydrogen) atoms. The maximum atomic E-state index is 12.8. The van der Waals surface area contributed by atoms with E-state index < -0.39 is 0 Å². The van der Waals surface area contributed by atoms with E-state index in [0.29, 0.717) is 24.3 Å². The van der Waals surface area contributed by atoms with Gasteiger partial charge in [-0.3, -0.25) is 14.3 Å². The molecule has 0 spiro atoms. The van der Waals surface area contributed by atoms with E-state index >= 15 is 0 Å². The first kappa shape index (κ1) is 14.4. The normalized spacial score (nSPS) is 11.0. The van der Waals surface area contributed by atoms with E-state index in [4.69, 9.17) is 11.5 Å². The Balaban J connectivity index is 2.10. The van der Waals surface area contributed by atoms with Crippen LogP contribution in [0, 0.1) is 0 Å². The number of benzene rings is 1. The largest absolute Gasteiger partial charge is 0.330 e. The molecule has 0 bridgehead atoms. The molecule has 0 atom stereocenters. The Kier molecular flexibility index (Phi) is 4.00. The second-order valence-electron chi connectivity index (χ2n) is 5.13. The second kappa shape index (κ2) is 6.09. The first-order valence-electron chi connectivity index (χ1n) is 7.23. The number of pyridine rings is 1. The number of hydrogen-bond acceptors (Lipinski definition) is 4. The number of rotatable bonds is 4. The van der Waals surface area contributed by atoms with E-state index in [1.54, 1.807) is 22.9 Å². The molecule has 5 heteroatoms. The Labute approximate surface area is 128 Å². The summed E-state index contributed by atoms with van der Waals surface area (Å²) in [6.07, 6.45) is 4.23. The zero-order chi connectivity index (χ0) is 15.5. The van der Waals surface area contributed by atoms with Crippen molar-refractivity contribution < 1.29 is 4.79 Å². The van der Waals surface area contributed by atoms with Gasteiger partial charge in [0.15, 0.2) is 0 Å². The minimum Gasteiger partial charge on any atom is -0.330 e. The number of aromatic nitrogens is 2. The average Bonchev–Trinajstić information content (AvgIpc) is 2.93. The maximum absolute atomic E-state index is 12.8. The van der Waals surface area contributed by atoms with Gasteiger partial charge in [0.1, 0.15) is 0 Å². The molecular weight excluding hydrogens is 276 g/mol. The van der Waals surface area contributed by atoms with Gasteiger partial charge in [-0.15, -0.1) is 0 Å². The minimum absolute atomic E-state index is 0.0865. The standard InChI is InChI=1S/C17H18N4O/c18-7-5-13-11-21(16-4-2-1-3-15(13)16)17(22)12-6-8-20-14(9-12)10-19/h1-4,6,8-9,11H,5,7,10,18-19H2. The van der Waals surface area contributed by atoms with E-state index in [9.17, 15) is 4.79 Å². The third-order valence-corrected chi connectivity index (χ3v) is 3.70. The summed E-state index contributed by atoms with van der Waals surface area (Å²) in [5, 5.41) is 1.06. The summed E-state index contributed by atoms with van der Waals surface area (Å²) in [6.45, 7) is 0.862. The molecule has 0 unspecified atom stereocenters. The third kappa shape index (κ3) is 2.52. The van der Waals surface area contributed by atoms with Gasteiger partial charge in [-0.05, 0) is 36.7 Å². The average molecular weight is 294 g/mol. The van der Waals surface area contributed by atoms with Gasteiger partial charge in [0, 0.05) is 29.9 Å². The van der Waals surface area contributed by atoms with Gasteiger partial charge in [-0.2, -0.15) is 0 Å². The van der Waals surface area contributed by atoms with Gasteiger partial charge in [-0.25, -0.2) is 0 Å². The van der Waals surface area contributed by atoms with Crippen LogP contribution in [-0.2, 0) is 13.0 Å². The van der Waals surface area contributed by atoms with Crippen molar-refractivity contribution in [3.8, 4) is 0 Å². The van der Waals surface area contributed by atoms with Crippen LogP contribution >= 0.6 is 0 Å². The van der Waals surface area contributed by atoms with Gasteiger partial charge in [0.25, 0.3) is 5.91 Å². The number of nitrogens with zero attached hydrogens (tertiary/aromatic N) is 2. The number of para-hydroxylation sites is 1. The molecule has 0 aliphatic carbocycles. The molecule has 112 valence electrons. The third-order valence-electron chi connectivity index (χ3n) is 3.70. The van der Waals surface area contributed by atoms with E-state index in [2.05, 4.69) is 4.98 Å². The van der Waals surface area contributed by atoms with Crippen LogP contribution in [0.5, 0.6) is 0 Å². The molecule has 0 saturated heterocycles. The van der Waals surface area contributed by atoms with Gasteiger partial charge in [-0.1, -0.05) is 18.2 Å². The lowest BCUT2D eigenvalue weighted by molar-refractivity contribution is 0.0964. The molecule has 0 aliphatic heterocycles. The summed E-state index contributed by atoms with van der Waals surface area (Å²) in [5.74, 6) is -0.0865. The lowest BCUT2D eigenvalue weighted by Crippen LogP contribution is -2.12. The first-order chi connectivity index (χ1) is 10.7. The number of fused-ring (bicyclic) bond motifs is 1. The topological polar surface area (TPSA) is 86.9 Å². The molecule has 0 radical (unpaired) electrons. The van der Waals surface area contributed by atoms with Crippen molar-refractivity contribution in [2.75, 3.05) is 6.54 Å². The van der Waals surface area contributed by atoms with Crippen molar-refractivity contribution in [1.29, 1.82) is 0 Å². The fraction of sp³-hybridized carbons (Fsp3) is 0.176. The molecule has 2 aromatic heterocycles. The van der Waals surface area contributed by atoms with E-state index in [-0.39, 0.29) is 5.91 Å². The summed E-state index contributed by atoms with van der Waals surface area (Å²) in [7, 11) is 0. The summed E-state index contributed by atoms with van der Waals surface area (Å²) in [5.41, 5.74) is 14.5. The molecular formula is C17H18N4O. The zero-order valence-electron chi connectivity index (χ0n) is 12.2. The predicted molar refractivity (Wildman–Crippen MR) is 86.6 cm³/mol. The van der Waals surface area contributed by atoms with Crippen molar-refractivity contribution in [2.45, 2.75) is 13.0 Å². The quantitative estimate of drug-likeness (QED) is 0.766. The summed E-state index contributed by atoms with van der Waals surface area (Å²) in [4.78, 5) is 16.9. The first-order valence-corrected chi connectivity index (χ1v) is 7.23. The molecule has 0 fully saturated rings. The van der Waals surface area contributed by atoms with Crippen LogP contribution in [0.1, 0.15) is 21.6 Å². The van der Waals surface area contributed by atoms with E-state index in [1.165, 1.54) is 0 Å². The number of hydrogen-bond donors (Lipinski definition) is 2. The fourth-order valence-corrected chi connectivity index (χ4v) is 2.63. The zero-order valence-corrected chi connectivity index (χ0v) is 12.2. The van der Waals surface area contributed by atoms with Crippen LogP contribution in [0.3, 0.4) is 0 Å². The van der Waals surface area contributed by atoms with Crippen LogP contribution in [-0.4, -0.2) is 22.0 Å². The Morgan fingerprint density at radius 2 is 2.00 bits per heavy atom. The monoisotopic (exact) mass is 294 g/mol. The van der Waals surface area contributed by atoms with Crippen LogP contribution in [0.4, 0.5) is 0 Å². The SMILES string of the molecule is NCCc1cn(C(=O)c2ccnc(CN)c2)c2ccccc12. The molecule has 3 rings (SSSR count). The second-order valence-corrected chi connectivity index (χ2v) is 5.13. The van der Waals surface area contributed by atoms with Crippen molar-refractivity contribution in [2.24, 2.45) is 11.5 Å². The fourth-order valence-electron chi connectivity index (χ4n) is 2.63. The highest BCUT2D eigenvalue weighted by Crippen LogP contribution is 2.22. The lowest BCUT2D eigenvalue weighted by atomic mass is 10.1. The maximum Gasteiger partial charge on any atom is 0.262 e. The molecule has 1 aromatic carbocycles. The molecule has 5 nitrogen and oxygen atoms in total. The summed E-state index contributed by atoms with van der Waals surface area (Å²) in [6, 6.07) is 11.3. The van der Waals surface area contributed by atoms with Gasteiger partial charge in [0.05, 0.1) is 11.2 Å². The molecule has 4 N–H and O–H groups in total. The van der Waals surface area contributed by atoms with Crippen LogP contribution in [0.2, 0.25) is 0 Å². The molecule has 2 heterocycles. The van der Waals surface area contributed by atoms with Crippen molar-refractivity contribution in [3.63, 3.8) is 0 Å². The van der Waals surface area contributed by atoms with Crippen LogP contribution in [0.25, 0.3) is 10.9 Å². The number of carbonyl (C=O) groups excluding carboxylic acids is 1.